The SMILES string of the molecule is COc1c(N2CC(CO)C(C)(C)C2)c(F)c(N)c2c(=O)[nH]c(=O)n(C3CC3)c12. The number of nitrogen functional groups attached to an aromatic ring is 1. The van der Waals surface area contributed by atoms with Gasteiger partial charge in [-0.05, 0) is 18.3 Å². The number of fused-ring (bicyclic) bond motifs is 1. The Hall–Kier alpha value is -2.55. The van der Waals surface area contributed by atoms with Crippen LogP contribution in [-0.4, -0.2) is 41.5 Å². The highest BCUT2D eigenvalue weighted by Crippen LogP contribution is 2.47. The molecule has 8 nitrogen and oxygen atoms in total. The maximum absolute atomic E-state index is 15.4. The first-order valence-electron chi connectivity index (χ1n) is 9.40. The third-order valence-electron chi connectivity index (χ3n) is 6.08. The Balaban J connectivity index is 2.06. The number of nitrogens with two attached hydrogens (primary N) is 1. The molecular weight excluding hydrogens is 367 g/mol. The molecule has 0 radical (unpaired) electrons. The normalized spacial score (nSPS) is 21.5. The van der Waals surface area contributed by atoms with Crippen molar-refractivity contribution in [3.8, 4) is 5.75 Å². The van der Waals surface area contributed by atoms with Crippen molar-refractivity contribution in [2.45, 2.75) is 32.7 Å². The molecule has 2 fully saturated rings. The minimum Gasteiger partial charge on any atom is -0.492 e. The number of H-pyrrole nitrogens is 1. The van der Waals surface area contributed by atoms with E-state index in [-0.39, 0.29) is 52.0 Å². The summed E-state index contributed by atoms with van der Waals surface area (Å²) in [7, 11) is 1.39. The second-order valence-corrected chi connectivity index (χ2v) is 8.44. The number of benzene rings is 1. The van der Waals surface area contributed by atoms with E-state index in [9.17, 15) is 14.7 Å². The predicted molar refractivity (Wildman–Crippen MR) is 105 cm³/mol. The van der Waals surface area contributed by atoms with Gasteiger partial charge >= 0.3 is 5.69 Å². The van der Waals surface area contributed by atoms with Crippen molar-refractivity contribution in [3.63, 3.8) is 0 Å². The number of hydrogen-bond donors (Lipinski definition) is 3. The number of rotatable bonds is 4. The van der Waals surface area contributed by atoms with E-state index in [1.165, 1.54) is 11.7 Å². The van der Waals surface area contributed by atoms with Crippen LogP contribution in [0.15, 0.2) is 9.59 Å². The lowest BCUT2D eigenvalue weighted by Crippen LogP contribution is -2.32. The zero-order chi connectivity index (χ0) is 20.4. The van der Waals surface area contributed by atoms with Gasteiger partial charge in [-0.15, -0.1) is 0 Å². The van der Waals surface area contributed by atoms with Crippen LogP contribution < -0.4 is 26.6 Å². The van der Waals surface area contributed by atoms with Crippen LogP contribution in [0.4, 0.5) is 15.8 Å². The molecule has 1 saturated heterocycles. The smallest absolute Gasteiger partial charge is 0.329 e. The molecule has 1 aliphatic carbocycles. The van der Waals surface area contributed by atoms with E-state index in [0.717, 1.165) is 12.8 Å². The van der Waals surface area contributed by atoms with Crippen molar-refractivity contribution in [2.75, 3.05) is 37.4 Å². The van der Waals surface area contributed by atoms with Crippen LogP contribution in [-0.2, 0) is 0 Å². The summed E-state index contributed by atoms with van der Waals surface area (Å²) in [5.41, 5.74) is 4.58. The number of anilines is 2. The molecule has 0 bridgehead atoms. The van der Waals surface area contributed by atoms with E-state index in [1.807, 2.05) is 13.8 Å². The average Bonchev–Trinajstić information content (AvgIpc) is 3.40. The molecule has 9 heteroatoms. The number of halogens is 1. The van der Waals surface area contributed by atoms with Gasteiger partial charge in [0.2, 0.25) is 0 Å². The van der Waals surface area contributed by atoms with Crippen LogP contribution >= 0.6 is 0 Å². The predicted octanol–water partition coefficient (Wildman–Crippen LogP) is 1.21. The van der Waals surface area contributed by atoms with Gasteiger partial charge in [0.25, 0.3) is 5.56 Å². The van der Waals surface area contributed by atoms with E-state index in [1.54, 1.807) is 4.90 Å². The highest BCUT2D eigenvalue weighted by Gasteiger charge is 2.42. The Bertz CT molecular complexity index is 1070. The van der Waals surface area contributed by atoms with Crippen molar-refractivity contribution in [1.29, 1.82) is 0 Å². The number of nitrogens with one attached hydrogen (secondary N) is 1. The average molecular weight is 392 g/mol. The summed E-state index contributed by atoms with van der Waals surface area (Å²) in [5.74, 6) is -0.672. The number of aromatic amines is 1. The lowest BCUT2D eigenvalue weighted by Gasteiger charge is -2.26. The quantitative estimate of drug-likeness (QED) is 0.674. The molecule has 4 rings (SSSR count). The van der Waals surface area contributed by atoms with Gasteiger partial charge in [0.05, 0.1) is 18.2 Å². The van der Waals surface area contributed by atoms with Gasteiger partial charge in [0.15, 0.2) is 11.6 Å². The highest BCUT2D eigenvalue weighted by molar-refractivity contribution is 5.99. The van der Waals surface area contributed by atoms with Crippen molar-refractivity contribution in [1.82, 2.24) is 9.55 Å². The molecule has 1 unspecified atom stereocenters. The molecule has 28 heavy (non-hydrogen) atoms. The Labute approximate surface area is 160 Å². The van der Waals surface area contributed by atoms with Gasteiger partial charge < -0.3 is 20.5 Å². The van der Waals surface area contributed by atoms with Gasteiger partial charge in [0, 0.05) is 31.7 Å². The van der Waals surface area contributed by atoms with Crippen molar-refractivity contribution >= 4 is 22.3 Å². The van der Waals surface area contributed by atoms with Gasteiger partial charge in [-0.2, -0.15) is 0 Å². The minimum atomic E-state index is -0.745. The molecule has 4 N–H and O–H groups in total. The maximum atomic E-state index is 15.4. The largest absolute Gasteiger partial charge is 0.492 e. The summed E-state index contributed by atoms with van der Waals surface area (Å²) < 4.78 is 22.4. The summed E-state index contributed by atoms with van der Waals surface area (Å²) in [6.07, 6.45) is 1.58. The van der Waals surface area contributed by atoms with E-state index in [0.29, 0.717) is 13.1 Å². The number of nitrogens with zero attached hydrogens (tertiary/aromatic N) is 2. The fraction of sp³-hybridized carbons (Fsp3) is 0.579. The Morgan fingerprint density at radius 2 is 2.04 bits per heavy atom. The van der Waals surface area contributed by atoms with E-state index < -0.39 is 17.1 Å². The summed E-state index contributed by atoms with van der Waals surface area (Å²) in [6, 6.07) is -0.0707. The zero-order valence-corrected chi connectivity index (χ0v) is 16.2. The maximum Gasteiger partial charge on any atom is 0.329 e. The zero-order valence-electron chi connectivity index (χ0n) is 16.2. The summed E-state index contributed by atoms with van der Waals surface area (Å²) in [6.45, 7) is 4.88. The van der Waals surface area contributed by atoms with Crippen molar-refractivity contribution in [2.24, 2.45) is 11.3 Å². The topological polar surface area (TPSA) is 114 Å². The third-order valence-corrected chi connectivity index (χ3v) is 6.08. The van der Waals surface area contributed by atoms with E-state index in [4.69, 9.17) is 10.5 Å². The lowest BCUT2D eigenvalue weighted by atomic mass is 9.83. The van der Waals surface area contributed by atoms with Gasteiger partial charge in [-0.3, -0.25) is 14.3 Å². The molecule has 1 saturated carbocycles. The number of methoxy groups -OCH3 is 1. The molecule has 1 aliphatic heterocycles. The molecule has 1 aromatic heterocycles. The summed E-state index contributed by atoms with van der Waals surface area (Å²) in [4.78, 5) is 29.0. The van der Waals surface area contributed by atoms with Crippen LogP contribution in [0, 0.1) is 17.2 Å². The Morgan fingerprint density at radius 3 is 2.57 bits per heavy atom. The molecule has 2 heterocycles. The lowest BCUT2D eigenvalue weighted by molar-refractivity contribution is 0.161. The van der Waals surface area contributed by atoms with Crippen LogP contribution in [0.5, 0.6) is 5.75 Å². The first-order valence-corrected chi connectivity index (χ1v) is 9.40. The van der Waals surface area contributed by atoms with Crippen molar-refractivity contribution in [3.05, 3.63) is 26.7 Å². The monoisotopic (exact) mass is 392 g/mol. The number of aliphatic hydroxyl groups excluding tert-OH is 1. The van der Waals surface area contributed by atoms with Gasteiger partial charge in [0.1, 0.15) is 11.2 Å². The first-order chi connectivity index (χ1) is 13.2. The second kappa shape index (κ2) is 6.23. The summed E-state index contributed by atoms with van der Waals surface area (Å²) in [5, 5.41) is 9.65. The van der Waals surface area contributed by atoms with Gasteiger partial charge in [-0.1, -0.05) is 13.8 Å². The highest BCUT2D eigenvalue weighted by atomic mass is 19.1. The van der Waals surface area contributed by atoms with Crippen LogP contribution in [0.25, 0.3) is 10.9 Å². The molecular formula is C19H25FN4O4. The molecule has 1 aromatic carbocycles. The van der Waals surface area contributed by atoms with E-state index >= 15 is 4.39 Å². The summed E-state index contributed by atoms with van der Waals surface area (Å²) >= 11 is 0. The number of aliphatic hydroxyl groups is 1. The molecule has 1 atom stereocenters. The second-order valence-electron chi connectivity index (χ2n) is 8.44. The standard InChI is InChI=1S/C19H25FN4O4/c1-19(2)8-23(6-9(19)7-25)15-12(20)13(21)11-14(16(15)28-3)24(10-4-5-10)18(27)22-17(11)26/h9-10,25H,4-8,21H2,1-3H3,(H,22,26,27). The van der Waals surface area contributed by atoms with Crippen LogP contribution in [0.1, 0.15) is 32.7 Å². The minimum absolute atomic E-state index is 0.0249. The molecule has 0 amide bonds. The van der Waals surface area contributed by atoms with E-state index in [2.05, 4.69) is 4.98 Å². The first kappa shape index (κ1) is 18.8. The molecule has 2 aliphatic rings. The van der Waals surface area contributed by atoms with Crippen molar-refractivity contribution < 1.29 is 14.2 Å². The number of ether oxygens (including phenoxy) is 1. The fourth-order valence-electron chi connectivity index (χ4n) is 4.30. The molecule has 152 valence electrons. The van der Waals surface area contributed by atoms with Crippen LogP contribution in [0.2, 0.25) is 0 Å². The third kappa shape index (κ3) is 2.60. The Kier molecular flexibility index (Phi) is 4.18. The Morgan fingerprint density at radius 1 is 1.36 bits per heavy atom. The van der Waals surface area contributed by atoms with Crippen LogP contribution in [0.3, 0.4) is 0 Å². The number of hydrogen-bond acceptors (Lipinski definition) is 6. The fourth-order valence-corrected chi connectivity index (χ4v) is 4.30. The van der Waals surface area contributed by atoms with Gasteiger partial charge in [-0.25, -0.2) is 9.18 Å². The molecule has 0 spiro atoms. The molecule has 2 aromatic rings. The number of aromatic nitrogens is 2.